The summed E-state index contributed by atoms with van der Waals surface area (Å²) in [6.45, 7) is 4.74. The van der Waals surface area contributed by atoms with Crippen LogP contribution >= 0.6 is 15.9 Å². The van der Waals surface area contributed by atoms with Gasteiger partial charge in [0.05, 0.1) is 6.61 Å². The molecule has 0 spiro atoms. The number of rotatable bonds is 4. The van der Waals surface area contributed by atoms with Crippen LogP contribution in [0.2, 0.25) is 0 Å². The third-order valence-corrected chi connectivity index (χ3v) is 3.32. The Morgan fingerprint density at radius 1 is 1.53 bits per heavy atom. The number of amides is 2. The highest BCUT2D eigenvalue weighted by atomic mass is 79.9. The number of aryl methyl sites for hydroxylation is 1. The van der Waals surface area contributed by atoms with Crippen LogP contribution in [0.5, 0.6) is 0 Å². The fraction of sp³-hybridized carbons (Fsp3) is 0.417. The van der Waals surface area contributed by atoms with Gasteiger partial charge in [0, 0.05) is 23.2 Å². The number of likely N-dealkylation sites (N-methyl/N-ethyl adjacent to an activating group) is 1. The number of nitrogens with zero attached hydrogens (tertiary/aromatic N) is 1. The van der Waals surface area contributed by atoms with Crippen molar-refractivity contribution in [3.63, 3.8) is 0 Å². The highest BCUT2D eigenvalue weighted by Gasteiger charge is 2.10. The molecule has 0 saturated carbocycles. The molecule has 1 rings (SSSR count). The summed E-state index contributed by atoms with van der Waals surface area (Å²) in [6.07, 6.45) is 0. The van der Waals surface area contributed by atoms with E-state index >= 15 is 0 Å². The zero-order valence-corrected chi connectivity index (χ0v) is 11.6. The van der Waals surface area contributed by atoms with E-state index in [0.717, 1.165) is 15.7 Å². The summed E-state index contributed by atoms with van der Waals surface area (Å²) in [5.74, 6) is 0. The second-order valence-electron chi connectivity index (χ2n) is 3.70. The summed E-state index contributed by atoms with van der Waals surface area (Å²) >= 11 is 3.42. The summed E-state index contributed by atoms with van der Waals surface area (Å²) in [4.78, 5) is 13.4. The van der Waals surface area contributed by atoms with Gasteiger partial charge in [-0.05, 0) is 31.5 Å². The normalized spacial score (nSPS) is 10.1. The third kappa shape index (κ3) is 4.02. The Labute approximate surface area is 110 Å². The van der Waals surface area contributed by atoms with Crippen LogP contribution in [0.25, 0.3) is 0 Å². The van der Waals surface area contributed by atoms with Crippen LogP contribution in [-0.4, -0.2) is 35.7 Å². The number of carbonyl (C=O) groups excluding carboxylic acids is 1. The molecule has 0 aliphatic rings. The van der Waals surface area contributed by atoms with Gasteiger partial charge in [-0.2, -0.15) is 0 Å². The number of aliphatic hydroxyl groups is 1. The fourth-order valence-electron chi connectivity index (χ4n) is 1.40. The van der Waals surface area contributed by atoms with Crippen molar-refractivity contribution in [1.29, 1.82) is 0 Å². The molecule has 0 fully saturated rings. The van der Waals surface area contributed by atoms with Crippen molar-refractivity contribution in [3.05, 3.63) is 28.2 Å². The molecule has 0 unspecified atom stereocenters. The second kappa shape index (κ2) is 6.61. The lowest BCUT2D eigenvalue weighted by atomic mass is 10.2. The summed E-state index contributed by atoms with van der Waals surface area (Å²) in [6, 6.07) is 5.45. The topological polar surface area (TPSA) is 52.6 Å². The molecule has 0 aliphatic carbocycles. The number of carbonyl (C=O) groups is 1. The maximum absolute atomic E-state index is 11.8. The van der Waals surface area contributed by atoms with Crippen molar-refractivity contribution in [2.24, 2.45) is 0 Å². The number of nitrogens with one attached hydrogen (secondary N) is 1. The van der Waals surface area contributed by atoms with Gasteiger partial charge in [-0.1, -0.05) is 22.0 Å². The van der Waals surface area contributed by atoms with E-state index in [1.165, 1.54) is 0 Å². The summed E-state index contributed by atoms with van der Waals surface area (Å²) < 4.78 is 0.959. The van der Waals surface area contributed by atoms with E-state index in [4.69, 9.17) is 5.11 Å². The first-order chi connectivity index (χ1) is 8.08. The number of hydrogen-bond donors (Lipinski definition) is 2. The molecule has 0 aromatic heterocycles. The molecule has 4 nitrogen and oxygen atoms in total. The molecule has 1 aromatic carbocycles. The smallest absolute Gasteiger partial charge is 0.321 e. The van der Waals surface area contributed by atoms with Gasteiger partial charge < -0.3 is 15.3 Å². The van der Waals surface area contributed by atoms with Crippen LogP contribution in [0, 0.1) is 6.92 Å². The molecule has 17 heavy (non-hydrogen) atoms. The zero-order chi connectivity index (χ0) is 12.8. The van der Waals surface area contributed by atoms with Crippen LogP contribution in [0.3, 0.4) is 0 Å². The van der Waals surface area contributed by atoms with E-state index in [-0.39, 0.29) is 12.6 Å². The van der Waals surface area contributed by atoms with E-state index in [9.17, 15) is 4.79 Å². The Morgan fingerprint density at radius 3 is 2.76 bits per heavy atom. The van der Waals surface area contributed by atoms with Gasteiger partial charge >= 0.3 is 6.03 Å². The fourth-order valence-corrected chi connectivity index (χ4v) is 1.78. The second-order valence-corrected chi connectivity index (χ2v) is 4.55. The maximum Gasteiger partial charge on any atom is 0.321 e. The number of benzene rings is 1. The maximum atomic E-state index is 11.8. The Bertz CT molecular complexity index is 396. The molecule has 2 N–H and O–H groups in total. The van der Waals surface area contributed by atoms with Gasteiger partial charge in [0.15, 0.2) is 0 Å². The molecule has 0 heterocycles. The SMILES string of the molecule is CCN(CCO)C(=O)Nc1ccc(C)c(Br)c1. The van der Waals surface area contributed by atoms with E-state index in [1.807, 2.05) is 32.0 Å². The Hall–Kier alpha value is -1.07. The number of urea groups is 1. The van der Waals surface area contributed by atoms with E-state index in [1.54, 1.807) is 4.90 Å². The van der Waals surface area contributed by atoms with Crippen LogP contribution < -0.4 is 5.32 Å². The highest BCUT2D eigenvalue weighted by molar-refractivity contribution is 9.10. The van der Waals surface area contributed by atoms with E-state index in [0.29, 0.717) is 13.1 Å². The molecular formula is C12H17BrN2O2. The van der Waals surface area contributed by atoms with Crippen LogP contribution in [-0.2, 0) is 0 Å². The Balaban J connectivity index is 2.69. The average Bonchev–Trinajstić information content (AvgIpc) is 2.30. The average molecular weight is 301 g/mol. The molecule has 1 aromatic rings. The minimum absolute atomic E-state index is 0.0289. The number of aliphatic hydroxyl groups excluding tert-OH is 1. The number of anilines is 1. The molecule has 2 amide bonds. The van der Waals surface area contributed by atoms with Crippen LogP contribution in [0.1, 0.15) is 12.5 Å². The lowest BCUT2D eigenvalue weighted by Gasteiger charge is -2.20. The van der Waals surface area contributed by atoms with E-state index < -0.39 is 0 Å². The lowest BCUT2D eigenvalue weighted by Crippen LogP contribution is -2.36. The number of hydrogen-bond acceptors (Lipinski definition) is 2. The van der Waals surface area contributed by atoms with Crippen molar-refractivity contribution in [2.45, 2.75) is 13.8 Å². The van der Waals surface area contributed by atoms with Crippen molar-refractivity contribution in [3.8, 4) is 0 Å². The third-order valence-electron chi connectivity index (χ3n) is 2.46. The minimum atomic E-state index is -0.197. The summed E-state index contributed by atoms with van der Waals surface area (Å²) in [5.41, 5.74) is 1.86. The lowest BCUT2D eigenvalue weighted by molar-refractivity contribution is 0.192. The predicted octanol–water partition coefficient (Wildman–Crippen LogP) is 2.60. The molecule has 5 heteroatoms. The number of halogens is 1. The van der Waals surface area contributed by atoms with Crippen molar-refractivity contribution < 1.29 is 9.90 Å². The predicted molar refractivity (Wildman–Crippen MR) is 72.2 cm³/mol. The Kier molecular flexibility index (Phi) is 5.44. The van der Waals surface area contributed by atoms with E-state index in [2.05, 4.69) is 21.2 Å². The van der Waals surface area contributed by atoms with Gasteiger partial charge in [-0.25, -0.2) is 4.79 Å². The molecule has 0 bridgehead atoms. The van der Waals surface area contributed by atoms with Crippen LogP contribution in [0.15, 0.2) is 22.7 Å². The molecule has 0 atom stereocenters. The molecule has 0 aliphatic heterocycles. The monoisotopic (exact) mass is 300 g/mol. The van der Waals surface area contributed by atoms with Gasteiger partial charge in [0.2, 0.25) is 0 Å². The van der Waals surface area contributed by atoms with Crippen LogP contribution in [0.4, 0.5) is 10.5 Å². The highest BCUT2D eigenvalue weighted by Crippen LogP contribution is 2.20. The standard InChI is InChI=1S/C12H17BrN2O2/c1-3-15(6-7-16)12(17)14-10-5-4-9(2)11(13)8-10/h4-5,8,16H,3,6-7H2,1-2H3,(H,14,17). The summed E-state index contributed by atoms with van der Waals surface area (Å²) in [5, 5.41) is 11.6. The first-order valence-electron chi connectivity index (χ1n) is 5.51. The quantitative estimate of drug-likeness (QED) is 0.898. The van der Waals surface area contributed by atoms with Gasteiger partial charge in [0.25, 0.3) is 0 Å². The van der Waals surface area contributed by atoms with Crippen molar-refractivity contribution in [1.82, 2.24) is 4.90 Å². The Morgan fingerprint density at radius 2 is 2.24 bits per heavy atom. The molecule has 94 valence electrons. The van der Waals surface area contributed by atoms with Gasteiger partial charge in [-0.15, -0.1) is 0 Å². The first-order valence-corrected chi connectivity index (χ1v) is 6.30. The molecule has 0 radical (unpaired) electrons. The zero-order valence-electron chi connectivity index (χ0n) is 10.0. The molecule has 0 saturated heterocycles. The largest absolute Gasteiger partial charge is 0.395 e. The van der Waals surface area contributed by atoms with Crippen molar-refractivity contribution in [2.75, 3.05) is 25.0 Å². The summed E-state index contributed by atoms with van der Waals surface area (Å²) in [7, 11) is 0. The van der Waals surface area contributed by atoms with Crippen molar-refractivity contribution >= 4 is 27.6 Å². The minimum Gasteiger partial charge on any atom is -0.395 e. The van der Waals surface area contributed by atoms with Gasteiger partial charge in [0.1, 0.15) is 0 Å². The first kappa shape index (κ1) is 14.0. The van der Waals surface area contributed by atoms with Gasteiger partial charge in [-0.3, -0.25) is 0 Å². The molecular weight excluding hydrogens is 284 g/mol.